The third-order valence-electron chi connectivity index (χ3n) is 13.4. The number of hydrogen-bond donors (Lipinski definition) is 4. The lowest BCUT2D eigenvalue weighted by Crippen LogP contribution is -2.45. The molecule has 0 unspecified atom stereocenters. The van der Waals surface area contributed by atoms with Gasteiger partial charge in [-0.2, -0.15) is 13.2 Å². The first-order valence-electron chi connectivity index (χ1n) is 24.0. The summed E-state index contributed by atoms with van der Waals surface area (Å²) in [4.78, 5) is 38.2. The quantitative estimate of drug-likeness (QED) is 0.0820. The van der Waals surface area contributed by atoms with Crippen LogP contribution in [-0.4, -0.2) is 106 Å². The molecule has 0 aliphatic carbocycles. The van der Waals surface area contributed by atoms with Gasteiger partial charge in [0, 0.05) is 72.0 Å². The van der Waals surface area contributed by atoms with Crippen molar-refractivity contribution in [2.75, 3.05) is 32.7 Å². The molecule has 2 amide bonds. The fourth-order valence-corrected chi connectivity index (χ4v) is 10.7. The van der Waals surface area contributed by atoms with Gasteiger partial charge in [0.25, 0.3) is 5.91 Å². The Kier molecular flexibility index (Phi) is 14.6. The van der Waals surface area contributed by atoms with E-state index in [2.05, 4.69) is 61.5 Å². The van der Waals surface area contributed by atoms with Crippen LogP contribution in [0.2, 0.25) is 5.02 Å². The van der Waals surface area contributed by atoms with Gasteiger partial charge in [0.05, 0.1) is 23.7 Å². The Balaban J connectivity index is 0.835. The number of phenolic OH excluding ortho intramolecular Hbond substituents is 2. The summed E-state index contributed by atoms with van der Waals surface area (Å²) >= 11 is 7.95. The van der Waals surface area contributed by atoms with Crippen molar-refractivity contribution in [3.63, 3.8) is 0 Å². The Morgan fingerprint density at radius 3 is 2.18 bits per heavy atom. The molecule has 3 aromatic heterocycles. The topological polar surface area (TPSA) is 179 Å². The van der Waals surface area contributed by atoms with Gasteiger partial charge in [-0.3, -0.25) is 33.5 Å². The van der Waals surface area contributed by atoms with Gasteiger partial charge in [-0.15, -0.1) is 31.7 Å². The van der Waals surface area contributed by atoms with Gasteiger partial charge in [-0.25, -0.2) is 0 Å². The predicted molar refractivity (Wildman–Crippen MR) is 274 cm³/mol. The highest BCUT2D eigenvalue weighted by Crippen LogP contribution is 2.41. The van der Waals surface area contributed by atoms with Gasteiger partial charge in [-0.05, 0) is 91.8 Å². The number of carbonyl (C=O) groups excluding carboxylic acids is 2. The summed E-state index contributed by atoms with van der Waals surface area (Å²) in [5.74, 6) is -0.921. The molecule has 0 bridgehead atoms. The van der Waals surface area contributed by atoms with Gasteiger partial charge < -0.3 is 20.8 Å². The molecular formula is C53H55ClF3N11O4S. The van der Waals surface area contributed by atoms with E-state index in [1.165, 1.54) is 21.6 Å². The number of halogens is 4. The minimum atomic E-state index is -4.65. The molecule has 0 saturated carbocycles. The van der Waals surface area contributed by atoms with Crippen LogP contribution in [0.5, 0.6) is 11.5 Å². The molecule has 9 rings (SSSR count). The SMILES string of the molecule is Cc1sc2c(c1C)C(c1ccc(Cl)cc1)=N[C@@H](CC(=O)N[C@H](C)c1cccc(CN3CCN(Cc4ccc(-n5c(C(=O)NCC(F)(F)F)nnc5-c5cc(C(C)C)c(O)cc5O)cc4)CC3)c1)c1nnc(C)n1-2. The van der Waals surface area contributed by atoms with E-state index < -0.39 is 30.5 Å². The Labute approximate surface area is 429 Å². The van der Waals surface area contributed by atoms with E-state index >= 15 is 0 Å². The maximum Gasteiger partial charge on any atom is 0.405 e. The molecule has 380 valence electrons. The number of nitrogens with zero attached hydrogens (tertiary/aromatic N) is 9. The maximum absolute atomic E-state index is 13.9. The van der Waals surface area contributed by atoms with Gasteiger partial charge in [0.1, 0.15) is 34.9 Å². The number of aryl methyl sites for hydroxylation is 2. The number of alkyl halides is 3. The maximum atomic E-state index is 13.9. The molecule has 7 aromatic rings. The van der Waals surface area contributed by atoms with Crippen molar-refractivity contribution in [3.8, 4) is 33.6 Å². The van der Waals surface area contributed by atoms with E-state index in [0.717, 1.165) is 82.6 Å². The fraction of sp³-hybridized carbons (Fsp3) is 0.340. The molecule has 2 atom stereocenters. The van der Waals surface area contributed by atoms with Crippen molar-refractivity contribution >= 4 is 40.5 Å². The Morgan fingerprint density at radius 1 is 0.822 bits per heavy atom. The second-order valence-electron chi connectivity index (χ2n) is 18.9. The van der Waals surface area contributed by atoms with Crippen molar-refractivity contribution in [2.45, 2.75) is 85.2 Å². The van der Waals surface area contributed by atoms with Crippen molar-refractivity contribution < 1.29 is 33.0 Å². The minimum absolute atomic E-state index is 0.0140. The highest BCUT2D eigenvalue weighted by atomic mass is 35.5. The highest BCUT2D eigenvalue weighted by Gasteiger charge is 2.34. The molecule has 1 fully saturated rings. The average molecular weight is 1030 g/mol. The Morgan fingerprint density at radius 2 is 1.51 bits per heavy atom. The summed E-state index contributed by atoms with van der Waals surface area (Å²) < 4.78 is 42.7. The molecule has 2 aliphatic heterocycles. The standard InChI is InChI=1S/C53H55ClF3N11O4S/c1-29(2)40-23-41(44(70)25-43(40)69)48-62-64-50(51(72)58-28-53(55,56)57)68(48)39-16-10-34(11-17-39)26-65-18-20-66(21-19-65)27-35-8-7-9-37(22-35)31(4)59-45(71)24-42-49-63-61-33(6)67(49)52-46(30(3)32(5)73-52)47(60-42)36-12-14-38(54)15-13-36/h7-17,22-23,25,29,31,42,69-70H,18-21,24,26-28H2,1-6H3,(H,58,72)(H,59,71)/t31-,42+/m1/s1. The van der Waals surface area contributed by atoms with E-state index in [0.29, 0.717) is 28.6 Å². The third-order valence-corrected chi connectivity index (χ3v) is 14.8. The molecule has 1 saturated heterocycles. The second kappa shape index (κ2) is 20.9. The number of thiophene rings is 1. The van der Waals surface area contributed by atoms with Gasteiger partial charge >= 0.3 is 6.18 Å². The first kappa shape index (κ1) is 51.0. The summed E-state index contributed by atoms with van der Waals surface area (Å²) in [6, 6.07) is 24.9. The van der Waals surface area contributed by atoms with Crippen LogP contribution >= 0.6 is 22.9 Å². The van der Waals surface area contributed by atoms with Crippen LogP contribution in [0.1, 0.15) is 111 Å². The lowest BCUT2D eigenvalue weighted by Gasteiger charge is -2.35. The van der Waals surface area contributed by atoms with E-state index in [-0.39, 0.29) is 47.2 Å². The molecule has 20 heteroatoms. The Bertz CT molecular complexity index is 3210. The number of fused-ring (bicyclic) bond motifs is 3. The molecule has 2 aliphatic rings. The van der Waals surface area contributed by atoms with Crippen molar-refractivity contribution in [2.24, 2.45) is 4.99 Å². The number of benzene rings is 4. The molecular weight excluding hydrogens is 979 g/mol. The zero-order valence-corrected chi connectivity index (χ0v) is 42.7. The monoisotopic (exact) mass is 1030 g/mol. The summed E-state index contributed by atoms with van der Waals surface area (Å²) in [6.07, 6.45) is -4.58. The predicted octanol–water partition coefficient (Wildman–Crippen LogP) is 9.46. The number of aromatic nitrogens is 6. The molecule has 4 N–H and O–H groups in total. The number of aromatic hydroxyl groups is 2. The molecule has 73 heavy (non-hydrogen) atoms. The number of piperazine rings is 1. The number of carbonyl (C=O) groups is 2. The van der Waals surface area contributed by atoms with Crippen LogP contribution in [0.25, 0.3) is 22.1 Å². The van der Waals surface area contributed by atoms with Gasteiger partial charge in [-0.1, -0.05) is 74.0 Å². The molecule has 15 nitrogen and oxygen atoms in total. The second-order valence-corrected chi connectivity index (χ2v) is 20.6. The smallest absolute Gasteiger partial charge is 0.405 e. The molecule has 5 heterocycles. The third kappa shape index (κ3) is 11.0. The van der Waals surface area contributed by atoms with Crippen LogP contribution in [0.3, 0.4) is 0 Å². The molecule has 4 aromatic carbocycles. The van der Waals surface area contributed by atoms with Crippen LogP contribution in [0, 0.1) is 20.8 Å². The first-order valence-corrected chi connectivity index (χ1v) is 25.2. The number of hydrogen-bond acceptors (Lipinski definition) is 12. The summed E-state index contributed by atoms with van der Waals surface area (Å²) in [6.45, 7) is 14.8. The lowest BCUT2D eigenvalue weighted by molar-refractivity contribution is -0.123. The molecule has 0 radical (unpaired) electrons. The zero-order valence-electron chi connectivity index (χ0n) is 41.1. The van der Waals surface area contributed by atoms with Crippen LogP contribution in [0.4, 0.5) is 13.2 Å². The summed E-state index contributed by atoms with van der Waals surface area (Å²) in [5.41, 5.74) is 7.94. The first-order chi connectivity index (χ1) is 34.8. The van der Waals surface area contributed by atoms with Crippen LogP contribution < -0.4 is 10.6 Å². The number of rotatable bonds is 14. The van der Waals surface area contributed by atoms with Crippen molar-refractivity contribution in [1.82, 2.24) is 50.0 Å². The van der Waals surface area contributed by atoms with E-state index in [1.807, 2.05) is 86.1 Å². The Hall–Kier alpha value is -6.93. The van der Waals surface area contributed by atoms with Gasteiger partial charge in [0.15, 0.2) is 11.6 Å². The number of amides is 2. The summed E-state index contributed by atoms with van der Waals surface area (Å²) in [7, 11) is 0. The normalized spacial score (nSPS) is 15.7. The van der Waals surface area contributed by atoms with Gasteiger partial charge in [0.2, 0.25) is 11.7 Å². The largest absolute Gasteiger partial charge is 0.508 e. The van der Waals surface area contributed by atoms with Crippen LogP contribution in [0.15, 0.2) is 89.9 Å². The number of nitrogens with one attached hydrogen (secondary N) is 2. The molecule has 0 spiro atoms. The number of aliphatic imine (C=N–C) groups is 1. The average Bonchev–Trinajstić information content (AvgIpc) is 4.02. The fourth-order valence-electron chi connectivity index (χ4n) is 9.37. The van der Waals surface area contributed by atoms with Crippen molar-refractivity contribution in [3.05, 3.63) is 151 Å². The van der Waals surface area contributed by atoms with E-state index in [4.69, 9.17) is 16.6 Å². The van der Waals surface area contributed by atoms with E-state index in [9.17, 15) is 33.0 Å². The van der Waals surface area contributed by atoms with E-state index in [1.54, 1.807) is 23.5 Å². The van der Waals surface area contributed by atoms with Crippen molar-refractivity contribution in [1.29, 1.82) is 0 Å². The lowest BCUT2D eigenvalue weighted by atomic mass is 9.98. The number of phenols is 2. The minimum Gasteiger partial charge on any atom is -0.508 e. The zero-order chi connectivity index (χ0) is 51.9. The van der Waals surface area contributed by atoms with Crippen LogP contribution in [-0.2, 0) is 17.9 Å². The summed E-state index contributed by atoms with van der Waals surface area (Å²) in [5, 5.41) is 45.1. The highest BCUT2D eigenvalue weighted by molar-refractivity contribution is 7.15.